The molecule has 7 heteroatoms. The number of carbonyl (C=O) groups excluding carboxylic acids is 3. The van der Waals surface area contributed by atoms with Crippen LogP contribution in [0.15, 0.2) is 30.3 Å². The Labute approximate surface area is 172 Å². The van der Waals surface area contributed by atoms with Gasteiger partial charge in [0, 0.05) is 12.6 Å². The average molecular weight is 401 g/mol. The van der Waals surface area contributed by atoms with Crippen LogP contribution in [0.25, 0.3) is 0 Å². The van der Waals surface area contributed by atoms with E-state index in [-0.39, 0.29) is 29.8 Å². The molecule has 2 aliphatic rings. The van der Waals surface area contributed by atoms with Crippen LogP contribution in [0, 0.1) is 0 Å². The minimum atomic E-state index is -0.558. The van der Waals surface area contributed by atoms with Crippen molar-refractivity contribution in [2.45, 2.75) is 69.7 Å². The van der Waals surface area contributed by atoms with Crippen molar-refractivity contribution in [3.05, 3.63) is 35.9 Å². The third-order valence-electron chi connectivity index (χ3n) is 6.17. The molecule has 0 unspecified atom stereocenters. The summed E-state index contributed by atoms with van der Waals surface area (Å²) in [4.78, 5) is 42.2. The van der Waals surface area contributed by atoms with Gasteiger partial charge in [-0.05, 0) is 58.7 Å². The molecule has 0 aromatic heterocycles. The molecule has 0 spiro atoms. The van der Waals surface area contributed by atoms with Gasteiger partial charge in [0.25, 0.3) is 0 Å². The van der Waals surface area contributed by atoms with Crippen LogP contribution in [-0.2, 0) is 20.9 Å². The van der Waals surface area contributed by atoms with E-state index in [1.165, 1.54) is 0 Å². The lowest BCUT2D eigenvalue weighted by atomic mass is 10.1. The van der Waals surface area contributed by atoms with Gasteiger partial charge in [0.15, 0.2) is 0 Å². The molecule has 158 valence electrons. The van der Waals surface area contributed by atoms with Crippen molar-refractivity contribution in [2.24, 2.45) is 0 Å². The van der Waals surface area contributed by atoms with E-state index >= 15 is 0 Å². The summed E-state index contributed by atoms with van der Waals surface area (Å²) in [5.41, 5.74) is 1.03. The van der Waals surface area contributed by atoms with Crippen LogP contribution in [0.1, 0.15) is 44.6 Å². The van der Waals surface area contributed by atoms with Crippen molar-refractivity contribution in [3.63, 3.8) is 0 Å². The molecule has 29 heavy (non-hydrogen) atoms. The molecule has 4 atom stereocenters. The highest BCUT2D eigenvalue weighted by atomic mass is 16.2. The molecule has 3 amide bonds. The van der Waals surface area contributed by atoms with Gasteiger partial charge in [0.1, 0.15) is 12.1 Å². The molecule has 3 rings (SSSR count). The quantitative estimate of drug-likeness (QED) is 0.754. The van der Waals surface area contributed by atoms with E-state index in [9.17, 15) is 14.4 Å². The maximum Gasteiger partial charge on any atom is 0.246 e. The first-order valence-corrected chi connectivity index (χ1v) is 10.5. The largest absolute Gasteiger partial charge is 0.350 e. The van der Waals surface area contributed by atoms with Gasteiger partial charge in [0.2, 0.25) is 17.7 Å². The van der Waals surface area contributed by atoms with Crippen molar-refractivity contribution in [2.75, 3.05) is 14.1 Å². The monoisotopic (exact) mass is 400 g/mol. The van der Waals surface area contributed by atoms with Crippen molar-refractivity contribution >= 4 is 17.7 Å². The summed E-state index contributed by atoms with van der Waals surface area (Å²) in [5, 5.41) is 5.89. The second-order valence-corrected chi connectivity index (χ2v) is 8.33. The van der Waals surface area contributed by atoms with Gasteiger partial charge in [-0.1, -0.05) is 30.3 Å². The van der Waals surface area contributed by atoms with E-state index in [0.717, 1.165) is 24.8 Å². The van der Waals surface area contributed by atoms with Crippen LogP contribution < -0.4 is 10.6 Å². The summed E-state index contributed by atoms with van der Waals surface area (Å²) in [6, 6.07) is 8.50. The van der Waals surface area contributed by atoms with Crippen LogP contribution in [0.2, 0.25) is 0 Å². The molecule has 0 saturated carbocycles. The lowest BCUT2D eigenvalue weighted by molar-refractivity contribution is -0.143. The number of amides is 3. The van der Waals surface area contributed by atoms with Crippen molar-refractivity contribution in [1.82, 2.24) is 20.4 Å². The Hall–Kier alpha value is -2.41. The van der Waals surface area contributed by atoms with Crippen molar-refractivity contribution in [1.29, 1.82) is 0 Å². The fourth-order valence-electron chi connectivity index (χ4n) is 4.18. The lowest BCUT2D eigenvalue weighted by Crippen LogP contribution is -2.56. The Balaban J connectivity index is 1.66. The highest BCUT2D eigenvalue weighted by Crippen LogP contribution is 2.32. The van der Waals surface area contributed by atoms with Crippen LogP contribution in [-0.4, -0.2) is 65.8 Å². The maximum atomic E-state index is 13.3. The van der Waals surface area contributed by atoms with Gasteiger partial charge in [-0.25, -0.2) is 0 Å². The maximum absolute atomic E-state index is 13.3. The predicted molar refractivity (Wildman–Crippen MR) is 111 cm³/mol. The second-order valence-electron chi connectivity index (χ2n) is 8.33. The standard InChI is InChI=1S/C22H32N4O3/c1-15(25(2)3)20(27)24-18-11-7-10-17-12-13-19(26(17)22(18)29)21(28)23-14-16-8-5-4-6-9-16/h4-6,8-9,15,17-19H,7,10-14H2,1-3H3,(H,23,28)(H,24,27)/t15-,17-,18-,19-/m0/s1. The fourth-order valence-corrected chi connectivity index (χ4v) is 4.18. The van der Waals surface area contributed by atoms with E-state index in [1.807, 2.05) is 56.3 Å². The minimum absolute atomic E-state index is 0.0862. The molecular weight excluding hydrogens is 368 g/mol. The number of carbonyl (C=O) groups is 3. The van der Waals surface area contributed by atoms with Crippen LogP contribution >= 0.6 is 0 Å². The van der Waals surface area contributed by atoms with Crippen LogP contribution in [0.3, 0.4) is 0 Å². The van der Waals surface area contributed by atoms with Gasteiger partial charge >= 0.3 is 0 Å². The van der Waals surface area contributed by atoms with Crippen molar-refractivity contribution in [3.8, 4) is 0 Å². The smallest absolute Gasteiger partial charge is 0.246 e. The summed E-state index contributed by atoms with van der Waals surface area (Å²) in [6.45, 7) is 2.26. The molecule has 2 fully saturated rings. The summed E-state index contributed by atoms with van der Waals surface area (Å²) in [5.74, 6) is -0.390. The Kier molecular flexibility index (Phi) is 6.90. The van der Waals surface area contributed by atoms with E-state index in [1.54, 1.807) is 4.90 Å². The third kappa shape index (κ3) is 4.96. The molecule has 2 N–H and O–H groups in total. The molecule has 2 heterocycles. The SMILES string of the molecule is C[C@@H](C(=O)N[C@H]1CCC[C@H]2CC[C@@H](C(=O)NCc3ccccc3)N2C1=O)N(C)C. The summed E-state index contributed by atoms with van der Waals surface area (Å²) in [7, 11) is 3.67. The first-order chi connectivity index (χ1) is 13.9. The molecule has 0 bridgehead atoms. The first kappa shape index (κ1) is 21.3. The normalized spacial score (nSPS) is 25.3. The highest BCUT2D eigenvalue weighted by Gasteiger charge is 2.44. The zero-order valence-electron chi connectivity index (χ0n) is 17.6. The van der Waals surface area contributed by atoms with E-state index in [4.69, 9.17) is 0 Å². The Morgan fingerprint density at radius 1 is 1.14 bits per heavy atom. The number of hydrogen-bond acceptors (Lipinski definition) is 4. The topological polar surface area (TPSA) is 81.8 Å². The second kappa shape index (κ2) is 9.39. The number of nitrogens with zero attached hydrogens (tertiary/aromatic N) is 2. The summed E-state index contributed by atoms with van der Waals surface area (Å²) < 4.78 is 0. The molecule has 0 radical (unpaired) electrons. The molecule has 7 nitrogen and oxygen atoms in total. The van der Waals surface area contributed by atoms with Crippen LogP contribution in [0.5, 0.6) is 0 Å². The van der Waals surface area contributed by atoms with Gasteiger partial charge in [-0.2, -0.15) is 0 Å². The van der Waals surface area contributed by atoms with Crippen molar-refractivity contribution < 1.29 is 14.4 Å². The molecule has 2 aliphatic heterocycles. The number of benzene rings is 1. The fraction of sp³-hybridized carbons (Fsp3) is 0.591. The van der Waals surface area contributed by atoms with E-state index in [2.05, 4.69) is 10.6 Å². The van der Waals surface area contributed by atoms with E-state index < -0.39 is 12.1 Å². The molecule has 2 saturated heterocycles. The predicted octanol–water partition coefficient (Wildman–Crippen LogP) is 1.28. The molecular formula is C22H32N4O3. The van der Waals surface area contributed by atoms with E-state index in [0.29, 0.717) is 19.4 Å². The highest BCUT2D eigenvalue weighted by molar-refractivity contribution is 5.93. The minimum Gasteiger partial charge on any atom is -0.350 e. The summed E-state index contributed by atoms with van der Waals surface area (Å²) in [6.07, 6.45) is 3.88. The Bertz CT molecular complexity index is 737. The molecule has 0 aliphatic carbocycles. The molecule has 1 aromatic rings. The Morgan fingerprint density at radius 2 is 1.86 bits per heavy atom. The Morgan fingerprint density at radius 3 is 2.55 bits per heavy atom. The number of nitrogens with one attached hydrogen (secondary N) is 2. The first-order valence-electron chi connectivity index (χ1n) is 10.5. The molecule has 1 aromatic carbocycles. The average Bonchev–Trinajstić information content (AvgIpc) is 3.08. The van der Waals surface area contributed by atoms with Crippen LogP contribution in [0.4, 0.5) is 0 Å². The van der Waals surface area contributed by atoms with Gasteiger partial charge in [0.05, 0.1) is 6.04 Å². The van der Waals surface area contributed by atoms with Gasteiger partial charge < -0.3 is 15.5 Å². The lowest BCUT2D eigenvalue weighted by Gasteiger charge is -2.31. The summed E-state index contributed by atoms with van der Waals surface area (Å²) >= 11 is 0. The number of fused-ring (bicyclic) bond motifs is 1. The zero-order chi connectivity index (χ0) is 21.0. The number of rotatable bonds is 6. The number of hydrogen-bond donors (Lipinski definition) is 2. The van der Waals surface area contributed by atoms with Gasteiger partial charge in [-0.15, -0.1) is 0 Å². The van der Waals surface area contributed by atoms with Gasteiger partial charge in [-0.3, -0.25) is 19.3 Å². The number of likely N-dealkylation sites (N-methyl/N-ethyl adjacent to an activating group) is 1. The third-order valence-corrected chi connectivity index (χ3v) is 6.17. The zero-order valence-corrected chi connectivity index (χ0v) is 17.6.